The third-order valence-electron chi connectivity index (χ3n) is 3.18. The second kappa shape index (κ2) is 4.82. The van der Waals surface area contributed by atoms with Crippen molar-refractivity contribution in [2.24, 2.45) is 11.7 Å². The van der Waals surface area contributed by atoms with E-state index in [1.165, 1.54) is 12.8 Å². The lowest BCUT2D eigenvalue weighted by molar-refractivity contribution is 0.361. The third-order valence-corrected chi connectivity index (χ3v) is 3.18. The fourth-order valence-corrected chi connectivity index (χ4v) is 2.14. The number of hydrogen-bond donors (Lipinski definition) is 1. The zero-order valence-electron chi connectivity index (χ0n) is 10.0. The van der Waals surface area contributed by atoms with Crippen molar-refractivity contribution >= 4 is 6.01 Å². The summed E-state index contributed by atoms with van der Waals surface area (Å²) >= 11 is 0. The Hall–Kier alpha value is -1.10. The maximum Gasteiger partial charge on any atom is 0.318 e. The Balaban J connectivity index is 2.08. The molecule has 2 N–H and O–H groups in total. The van der Waals surface area contributed by atoms with Crippen molar-refractivity contribution in [3.8, 4) is 0 Å². The molecule has 2 unspecified atom stereocenters. The van der Waals surface area contributed by atoms with E-state index in [2.05, 4.69) is 28.9 Å². The van der Waals surface area contributed by atoms with Crippen LogP contribution in [0.2, 0.25) is 0 Å². The highest BCUT2D eigenvalue weighted by Crippen LogP contribution is 2.26. The number of nitrogens with zero attached hydrogens (tertiary/aromatic N) is 3. The zero-order valence-corrected chi connectivity index (χ0v) is 10.0. The second-order valence-corrected chi connectivity index (χ2v) is 4.70. The van der Waals surface area contributed by atoms with Gasteiger partial charge in [0.2, 0.25) is 5.89 Å². The molecule has 1 saturated heterocycles. The molecule has 1 aromatic heterocycles. The summed E-state index contributed by atoms with van der Waals surface area (Å²) in [6.45, 7) is 6.02. The van der Waals surface area contributed by atoms with Gasteiger partial charge in [-0.25, -0.2) is 0 Å². The Morgan fingerprint density at radius 1 is 1.38 bits per heavy atom. The van der Waals surface area contributed by atoms with E-state index in [-0.39, 0.29) is 0 Å². The first-order valence-corrected chi connectivity index (χ1v) is 5.99. The molecular weight excluding hydrogens is 204 g/mol. The minimum atomic E-state index is 0.488. The van der Waals surface area contributed by atoms with Gasteiger partial charge in [-0.15, -0.1) is 5.10 Å². The number of nitrogens with two attached hydrogens (primary N) is 1. The minimum Gasteiger partial charge on any atom is -0.408 e. The van der Waals surface area contributed by atoms with Gasteiger partial charge >= 0.3 is 6.01 Å². The van der Waals surface area contributed by atoms with Crippen molar-refractivity contribution in [3.05, 3.63) is 5.89 Å². The van der Waals surface area contributed by atoms with Gasteiger partial charge in [-0.2, -0.15) is 0 Å². The fourth-order valence-electron chi connectivity index (χ4n) is 2.14. The van der Waals surface area contributed by atoms with Crippen molar-refractivity contribution in [2.75, 3.05) is 18.0 Å². The molecule has 0 saturated carbocycles. The van der Waals surface area contributed by atoms with E-state index in [4.69, 9.17) is 10.2 Å². The summed E-state index contributed by atoms with van der Waals surface area (Å²) in [7, 11) is 0. The van der Waals surface area contributed by atoms with Gasteiger partial charge in [0.15, 0.2) is 0 Å². The highest BCUT2D eigenvalue weighted by Gasteiger charge is 2.26. The summed E-state index contributed by atoms with van der Waals surface area (Å²) in [5, 5.41) is 8.10. The van der Waals surface area contributed by atoms with Crippen LogP contribution in [0.1, 0.15) is 32.6 Å². The summed E-state index contributed by atoms with van der Waals surface area (Å²) in [6.07, 6.45) is 3.13. The Morgan fingerprint density at radius 2 is 2.19 bits per heavy atom. The summed E-state index contributed by atoms with van der Waals surface area (Å²) in [4.78, 5) is 2.21. The number of anilines is 1. The van der Waals surface area contributed by atoms with Crippen LogP contribution in [0.5, 0.6) is 0 Å². The molecule has 1 fully saturated rings. The number of hydrogen-bond acceptors (Lipinski definition) is 5. The van der Waals surface area contributed by atoms with E-state index in [0.717, 1.165) is 6.54 Å². The highest BCUT2D eigenvalue weighted by molar-refractivity contribution is 5.27. The zero-order chi connectivity index (χ0) is 11.5. The molecule has 2 rings (SSSR count). The lowest BCUT2D eigenvalue weighted by Gasteiger charge is -2.35. The molecule has 2 atom stereocenters. The quantitative estimate of drug-likeness (QED) is 0.835. The smallest absolute Gasteiger partial charge is 0.318 e. The first-order valence-electron chi connectivity index (χ1n) is 5.99. The maximum atomic E-state index is 5.61. The molecule has 0 radical (unpaired) electrons. The van der Waals surface area contributed by atoms with Gasteiger partial charge in [-0.1, -0.05) is 12.0 Å². The molecule has 16 heavy (non-hydrogen) atoms. The van der Waals surface area contributed by atoms with Crippen LogP contribution in [0.25, 0.3) is 0 Å². The molecule has 1 aliphatic heterocycles. The van der Waals surface area contributed by atoms with Crippen molar-refractivity contribution in [1.82, 2.24) is 10.2 Å². The minimum absolute atomic E-state index is 0.488. The molecule has 1 aliphatic rings. The van der Waals surface area contributed by atoms with Crippen molar-refractivity contribution in [1.29, 1.82) is 0 Å². The van der Waals surface area contributed by atoms with E-state index in [0.29, 0.717) is 36.8 Å². The van der Waals surface area contributed by atoms with Gasteiger partial charge < -0.3 is 15.1 Å². The molecule has 1 aromatic rings. The van der Waals surface area contributed by atoms with Gasteiger partial charge in [-0.05, 0) is 25.7 Å². The van der Waals surface area contributed by atoms with Gasteiger partial charge in [0.25, 0.3) is 0 Å². The molecule has 0 amide bonds. The molecule has 0 spiro atoms. The first-order chi connectivity index (χ1) is 7.70. The van der Waals surface area contributed by atoms with Crippen LogP contribution >= 0.6 is 0 Å². The molecule has 90 valence electrons. The predicted octanol–water partition coefficient (Wildman–Crippen LogP) is 1.20. The van der Waals surface area contributed by atoms with E-state index < -0.39 is 0 Å². The van der Waals surface area contributed by atoms with Crippen molar-refractivity contribution in [3.63, 3.8) is 0 Å². The Kier molecular flexibility index (Phi) is 3.43. The standard InChI is InChI=1S/C11H20N4O/c1-8-3-4-9(2)15(7-8)11-14-13-10(16-11)5-6-12/h8-9H,3-7,12H2,1-2H3. The van der Waals surface area contributed by atoms with Crippen LogP contribution in [-0.2, 0) is 6.42 Å². The van der Waals surface area contributed by atoms with Crippen molar-refractivity contribution in [2.45, 2.75) is 39.2 Å². The van der Waals surface area contributed by atoms with Crippen LogP contribution in [0.3, 0.4) is 0 Å². The molecule has 0 aliphatic carbocycles. The van der Waals surface area contributed by atoms with E-state index in [1.807, 2.05) is 0 Å². The Morgan fingerprint density at radius 3 is 2.94 bits per heavy atom. The van der Waals surface area contributed by atoms with Crippen LogP contribution in [0.15, 0.2) is 4.42 Å². The largest absolute Gasteiger partial charge is 0.408 e. The average Bonchev–Trinajstić information content (AvgIpc) is 2.71. The van der Waals surface area contributed by atoms with Gasteiger partial charge in [0.05, 0.1) is 0 Å². The molecule has 0 bridgehead atoms. The van der Waals surface area contributed by atoms with Crippen LogP contribution < -0.4 is 10.6 Å². The maximum absolute atomic E-state index is 5.61. The molecular formula is C11H20N4O. The molecule has 5 heteroatoms. The molecule has 0 aromatic carbocycles. The van der Waals surface area contributed by atoms with Crippen molar-refractivity contribution < 1.29 is 4.42 Å². The van der Waals surface area contributed by atoms with Gasteiger partial charge in [0.1, 0.15) is 0 Å². The fraction of sp³-hybridized carbons (Fsp3) is 0.818. The van der Waals surface area contributed by atoms with Crippen LogP contribution in [0.4, 0.5) is 6.01 Å². The summed E-state index contributed by atoms with van der Waals surface area (Å²) < 4.78 is 5.61. The van der Waals surface area contributed by atoms with Gasteiger partial charge in [-0.3, -0.25) is 0 Å². The summed E-state index contributed by atoms with van der Waals surface area (Å²) in [6, 6.07) is 1.14. The first kappa shape index (κ1) is 11.4. The molecule has 5 nitrogen and oxygen atoms in total. The molecule has 2 heterocycles. The Labute approximate surface area is 96.0 Å². The normalized spacial score (nSPS) is 26.1. The monoisotopic (exact) mass is 224 g/mol. The lowest BCUT2D eigenvalue weighted by atomic mass is 9.96. The van der Waals surface area contributed by atoms with E-state index in [1.54, 1.807) is 0 Å². The van der Waals surface area contributed by atoms with E-state index >= 15 is 0 Å². The Bertz CT molecular complexity index is 338. The number of rotatable bonds is 3. The van der Waals surface area contributed by atoms with Gasteiger partial charge in [0, 0.05) is 25.6 Å². The van der Waals surface area contributed by atoms with Crippen LogP contribution in [-0.4, -0.2) is 29.3 Å². The highest BCUT2D eigenvalue weighted by atomic mass is 16.4. The summed E-state index contributed by atoms with van der Waals surface area (Å²) in [5.41, 5.74) is 5.46. The number of aromatic nitrogens is 2. The van der Waals surface area contributed by atoms with E-state index in [9.17, 15) is 0 Å². The topological polar surface area (TPSA) is 68.2 Å². The lowest BCUT2D eigenvalue weighted by Crippen LogP contribution is -2.41. The number of piperidine rings is 1. The third kappa shape index (κ3) is 2.35. The van der Waals surface area contributed by atoms with Crippen LogP contribution in [0, 0.1) is 5.92 Å². The second-order valence-electron chi connectivity index (χ2n) is 4.70. The SMILES string of the molecule is CC1CCC(C)N(c2nnc(CCN)o2)C1. The predicted molar refractivity (Wildman–Crippen MR) is 62.3 cm³/mol. The summed E-state index contributed by atoms with van der Waals surface area (Å²) in [5.74, 6) is 1.34. The average molecular weight is 224 g/mol.